The monoisotopic (exact) mass is 186 g/mol. The molecule has 58 valence electrons. The average molecular weight is 186 g/mol. The Hall–Kier alpha value is 0.160. The van der Waals surface area contributed by atoms with Crippen LogP contribution in [-0.2, 0) is 9.59 Å². The predicted molar refractivity (Wildman–Crippen MR) is 33.2 cm³/mol. The van der Waals surface area contributed by atoms with E-state index in [-0.39, 0.29) is 44.8 Å². The quantitative estimate of drug-likeness (QED) is 0.453. The van der Waals surface area contributed by atoms with E-state index in [4.69, 9.17) is 1.37 Å². The fourth-order valence-corrected chi connectivity index (χ4v) is 0.406. The molecule has 0 radical (unpaired) electrons. The van der Waals surface area contributed by atoms with E-state index in [1.54, 1.807) is 0 Å². The van der Waals surface area contributed by atoms with Gasteiger partial charge in [-0.15, -0.1) is 0 Å². The summed E-state index contributed by atoms with van der Waals surface area (Å²) < 4.78 is 6.56. The van der Waals surface area contributed by atoms with Crippen LogP contribution in [0.1, 0.15) is 7.79 Å². The summed E-state index contributed by atoms with van der Waals surface area (Å²) in [5.74, 6) is -3.03. The maximum Gasteiger partial charge on any atom is 2.00 e. The summed E-state index contributed by atoms with van der Waals surface area (Å²) in [6, 6.07) is -1.34. The van der Waals surface area contributed by atoms with Crippen LogP contribution in [0.5, 0.6) is 0 Å². The second-order valence-electron chi connectivity index (χ2n) is 1.65. The van der Waals surface area contributed by atoms with Gasteiger partial charge in [-0.3, -0.25) is 0 Å². The molecule has 0 bridgehead atoms. The van der Waals surface area contributed by atoms with Crippen molar-refractivity contribution in [1.29, 1.82) is 0 Å². The van der Waals surface area contributed by atoms with Crippen molar-refractivity contribution in [2.75, 3.05) is 7.02 Å². The van der Waals surface area contributed by atoms with Gasteiger partial charge in [-0.05, 0) is 7.02 Å². The first-order valence-electron chi connectivity index (χ1n) is 3.22. The Morgan fingerprint density at radius 3 is 2.45 bits per heavy atom. The van der Waals surface area contributed by atoms with Crippen LogP contribution in [0, 0.1) is 0 Å². The molecule has 5 nitrogen and oxygen atoms in total. The standard InChI is InChI=1S/C5H9NO4.Ca/c1-6-3(5(9)10)2-4(7)8;/h3,6H,2H2,1H3,(H,7,8)(H,9,10);/q;+2/p-2/t3-;/m1./s1/i1D;. The second kappa shape index (κ2) is 6.84. The van der Waals surface area contributed by atoms with E-state index in [0.29, 0.717) is 0 Å². The first-order chi connectivity index (χ1) is 5.07. The third-order valence-corrected chi connectivity index (χ3v) is 0.902. The van der Waals surface area contributed by atoms with Crippen molar-refractivity contribution in [2.45, 2.75) is 12.5 Å². The fourth-order valence-electron chi connectivity index (χ4n) is 0.406. The maximum atomic E-state index is 10.1. The summed E-state index contributed by atoms with van der Waals surface area (Å²) in [6.45, 7) is 0. The molecule has 0 amide bonds. The van der Waals surface area contributed by atoms with Gasteiger partial charge >= 0.3 is 37.7 Å². The largest absolute Gasteiger partial charge is 2.00 e. The number of carboxylic acid groups (broad SMARTS) is 2. The van der Waals surface area contributed by atoms with Crippen molar-refractivity contribution < 1.29 is 21.2 Å². The average Bonchev–Trinajstić information content (AvgIpc) is 1.86. The third-order valence-electron chi connectivity index (χ3n) is 0.902. The molecule has 0 fully saturated rings. The molecule has 6 heteroatoms. The topological polar surface area (TPSA) is 92.3 Å². The molecule has 0 aromatic heterocycles. The van der Waals surface area contributed by atoms with Crippen LogP contribution in [0.4, 0.5) is 0 Å². The fraction of sp³-hybridized carbons (Fsp3) is 0.600. The van der Waals surface area contributed by atoms with Gasteiger partial charge in [0.05, 0.1) is 12.0 Å². The van der Waals surface area contributed by atoms with Crippen molar-refractivity contribution in [2.24, 2.45) is 0 Å². The van der Waals surface area contributed by atoms with Gasteiger partial charge in [-0.2, -0.15) is 0 Å². The van der Waals surface area contributed by atoms with Gasteiger partial charge in [0, 0.05) is 13.8 Å². The zero-order chi connectivity index (χ0) is 8.85. The molecule has 0 aliphatic rings. The zero-order valence-electron chi connectivity index (χ0n) is 6.83. The van der Waals surface area contributed by atoms with Crippen LogP contribution >= 0.6 is 0 Å². The molecule has 0 heterocycles. The molecule has 0 rings (SSSR count). The molecule has 1 N–H and O–H groups in total. The zero-order valence-corrected chi connectivity index (χ0v) is 8.04. The molecule has 0 aliphatic heterocycles. The van der Waals surface area contributed by atoms with E-state index in [2.05, 4.69) is 5.32 Å². The number of hydrogen-bond donors (Lipinski definition) is 1. The van der Waals surface area contributed by atoms with E-state index in [0.717, 1.165) is 0 Å². The van der Waals surface area contributed by atoms with E-state index >= 15 is 0 Å². The number of aliphatic carboxylic acids is 2. The van der Waals surface area contributed by atoms with Gasteiger partial charge in [-0.25, -0.2) is 0 Å². The maximum absolute atomic E-state index is 10.1. The summed E-state index contributed by atoms with van der Waals surface area (Å²) in [5, 5.41) is 22.1. The minimum absolute atomic E-state index is 0. The molecule has 0 aromatic carbocycles. The Labute approximate surface area is 95.2 Å². The SMILES string of the molecule is [2H]CN[C@H](CC(=O)[O-])C(=O)[O-].[Ca+2]. The number of hydrogen-bond acceptors (Lipinski definition) is 5. The van der Waals surface area contributed by atoms with Crippen LogP contribution in [0.2, 0.25) is 0 Å². The summed E-state index contributed by atoms with van der Waals surface area (Å²) in [7, 11) is -0.369. The molecule has 0 saturated carbocycles. The van der Waals surface area contributed by atoms with E-state index in [9.17, 15) is 19.8 Å². The minimum Gasteiger partial charge on any atom is -0.550 e. The van der Waals surface area contributed by atoms with E-state index < -0.39 is 24.4 Å². The molecular weight excluding hydrogens is 178 g/mol. The number of carbonyl (C=O) groups is 2. The Morgan fingerprint density at radius 2 is 2.18 bits per heavy atom. The smallest absolute Gasteiger partial charge is 0.550 e. The van der Waals surface area contributed by atoms with Crippen molar-refractivity contribution >= 4 is 49.7 Å². The van der Waals surface area contributed by atoms with Crippen molar-refractivity contribution in [3.63, 3.8) is 0 Å². The molecule has 0 spiro atoms. The molecule has 0 saturated heterocycles. The van der Waals surface area contributed by atoms with Gasteiger partial charge in [0.25, 0.3) is 0 Å². The van der Waals surface area contributed by atoms with Crippen LogP contribution in [0.3, 0.4) is 0 Å². The van der Waals surface area contributed by atoms with Gasteiger partial charge in [0.2, 0.25) is 0 Å². The summed E-state index contributed by atoms with van der Waals surface area (Å²) in [5.41, 5.74) is 0. The van der Waals surface area contributed by atoms with Gasteiger partial charge in [0.1, 0.15) is 0 Å². The molecular formula is C5H7CaNO4. The van der Waals surface area contributed by atoms with Gasteiger partial charge in [0.15, 0.2) is 0 Å². The van der Waals surface area contributed by atoms with Crippen LogP contribution in [0.15, 0.2) is 0 Å². The second-order valence-corrected chi connectivity index (χ2v) is 1.65. The normalized spacial score (nSPS) is 12.5. The number of likely N-dealkylation sites (N-methyl/N-ethyl adjacent to an activating group) is 1. The van der Waals surface area contributed by atoms with Gasteiger partial charge in [-0.1, -0.05) is 0 Å². The van der Waals surface area contributed by atoms with Crippen molar-refractivity contribution in [3.8, 4) is 0 Å². The minimum atomic E-state index is -1.54. The molecule has 1 atom stereocenters. The molecule has 0 unspecified atom stereocenters. The third kappa shape index (κ3) is 6.55. The van der Waals surface area contributed by atoms with Crippen LogP contribution in [0.25, 0.3) is 0 Å². The molecule has 0 aliphatic carbocycles. The Balaban J connectivity index is 0. The summed E-state index contributed by atoms with van der Waals surface area (Å²) in [6.07, 6.45) is -0.679. The summed E-state index contributed by atoms with van der Waals surface area (Å²) in [4.78, 5) is 20.0. The van der Waals surface area contributed by atoms with Crippen LogP contribution < -0.4 is 15.5 Å². The number of rotatable bonds is 4. The predicted octanol–water partition coefficient (Wildman–Crippen LogP) is -3.92. The molecule has 0 aromatic rings. The van der Waals surface area contributed by atoms with E-state index in [1.165, 1.54) is 0 Å². The number of nitrogens with one attached hydrogen (secondary N) is 1. The first kappa shape index (κ1) is 11.2. The van der Waals surface area contributed by atoms with Crippen molar-refractivity contribution in [1.82, 2.24) is 5.32 Å². The number of carboxylic acids is 2. The first-order valence-corrected chi connectivity index (χ1v) is 2.51. The number of carbonyl (C=O) groups excluding carboxylic acids is 2. The van der Waals surface area contributed by atoms with Crippen molar-refractivity contribution in [3.05, 3.63) is 0 Å². The summed E-state index contributed by atoms with van der Waals surface area (Å²) >= 11 is 0. The Morgan fingerprint density at radius 1 is 1.64 bits per heavy atom. The van der Waals surface area contributed by atoms with E-state index in [1.807, 2.05) is 0 Å². The Kier molecular flexibility index (Phi) is 6.94. The van der Waals surface area contributed by atoms with Crippen LogP contribution in [-0.4, -0.2) is 62.7 Å². The molecule has 11 heavy (non-hydrogen) atoms. The Bertz CT molecular complexity index is 166. The van der Waals surface area contributed by atoms with Gasteiger partial charge < -0.3 is 25.1 Å².